The number of hydrogen-bond donors (Lipinski definition) is 2. The van der Waals surface area contributed by atoms with Gasteiger partial charge in [-0.2, -0.15) is 0 Å². The lowest BCUT2D eigenvalue weighted by Gasteiger charge is -2.16. The highest BCUT2D eigenvalue weighted by atomic mass is 16.5. The molecular weight excluding hydrogens is 302 g/mol. The maximum absolute atomic E-state index is 11.9. The minimum atomic E-state index is -1.32. The second-order valence-electron chi connectivity index (χ2n) is 5.25. The molecule has 2 N–H and O–H groups in total. The van der Waals surface area contributed by atoms with E-state index in [0.29, 0.717) is 13.0 Å². The molecule has 1 aromatic carbocycles. The molecule has 7 heteroatoms. The van der Waals surface area contributed by atoms with E-state index >= 15 is 0 Å². The number of benzene rings is 1. The van der Waals surface area contributed by atoms with Crippen molar-refractivity contribution in [1.82, 2.24) is 5.32 Å². The maximum Gasteiger partial charge on any atom is 0.326 e. The Morgan fingerprint density at radius 3 is 2.65 bits per heavy atom. The summed E-state index contributed by atoms with van der Waals surface area (Å²) in [5.41, 5.74) is 0.802. The van der Waals surface area contributed by atoms with E-state index in [0.717, 1.165) is 12.0 Å². The molecule has 0 bridgehead atoms. The first kappa shape index (κ1) is 17.0. The summed E-state index contributed by atoms with van der Waals surface area (Å²) in [4.78, 5) is 34.8. The quantitative estimate of drug-likeness (QED) is 0.723. The lowest BCUT2D eigenvalue weighted by molar-refractivity contribution is -0.151. The van der Waals surface area contributed by atoms with Crippen LogP contribution in [0.2, 0.25) is 0 Å². The Hall–Kier alpha value is -2.41. The average Bonchev–Trinajstić information content (AvgIpc) is 3.07. The number of carbonyl (C=O) groups excluding carboxylic acids is 2. The van der Waals surface area contributed by atoms with Crippen LogP contribution in [0.1, 0.15) is 24.8 Å². The molecular formula is C16H19NO6. The molecule has 1 aromatic rings. The summed E-state index contributed by atoms with van der Waals surface area (Å²) in [6, 6.07) is 7.72. The van der Waals surface area contributed by atoms with Crippen molar-refractivity contribution in [2.45, 2.75) is 38.0 Å². The van der Waals surface area contributed by atoms with Gasteiger partial charge in [0.25, 0.3) is 0 Å². The standard InChI is InChI=1S/C16H19NO6/c18-14(23-10-11-5-2-1-3-6-11)9-12(16(20)21)17-15(19)13-7-4-8-22-13/h1-3,5-6,12-13H,4,7-10H2,(H,17,19)(H,20,21)/t12-,13+/m1/s1. The summed E-state index contributed by atoms with van der Waals surface area (Å²) in [6.07, 6.45) is 0.240. The van der Waals surface area contributed by atoms with Gasteiger partial charge in [0, 0.05) is 6.61 Å². The largest absolute Gasteiger partial charge is 0.480 e. The monoisotopic (exact) mass is 321 g/mol. The van der Waals surface area contributed by atoms with Crippen molar-refractivity contribution in [3.8, 4) is 0 Å². The Labute approximate surface area is 133 Å². The van der Waals surface area contributed by atoms with E-state index in [1.165, 1.54) is 0 Å². The van der Waals surface area contributed by atoms with E-state index < -0.39 is 36.4 Å². The van der Waals surface area contributed by atoms with Crippen molar-refractivity contribution in [2.75, 3.05) is 6.61 Å². The van der Waals surface area contributed by atoms with Crippen LogP contribution in [0.5, 0.6) is 0 Å². The van der Waals surface area contributed by atoms with Crippen LogP contribution in [0.25, 0.3) is 0 Å². The predicted molar refractivity (Wildman–Crippen MR) is 79.4 cm³/mol. The highest BCUT2D eigenvalue weighted by molar-refractivity contribution is 5.89. The molecule has 23 heavy (non-hydrogen) atoms. The summed E-state index contributed by atoms with van der Waals surface area (Å²) < 4.78 is 10.2. The Morgan fingerprint density at radius 1 is 1.30 bits per heavy atom. The Kier molecular flexibility index (Phi) is 6.10. The van der Waals surface area contributed by atoms with Crippen molar-refractivity contribution in [3.05, 3.63) is 35.9 Å². The van der Waals surface area contributed by atoms with Gasteiger partial charge in [0.2, 0.25) is 5.91 Å². The van der Waals surface area contributed by atoms with Crippen LogP contribution in [0.15, 0.2) is 30.3 Å². The van der Waals surface area contributed by atoms with Gasteiger partial charge in [0.15, 0.2) is 0 Å². The maximum atomic E-state index is 11.9. The first-order valence-corrected chi connectivity index (χ1v) is 7.40. The fraction of sp³-hybridized carbons (Fsp3) is 0.438. The van der Waals surface area contributed by atoms with Crippen LogP contribution in [-0.4, -0.2) is 41.7 Å². The molecule has 1 aliphatic rings. The first-order valence-electron chi connectivity index (χ1n) is 7.40. The number of amides is 1. The molecule has 2 rings (SSSR count). The van der Waals surface area contributed by atoms with Crippen molar-refractivity contribution in [1.29, 1.82) is 0 Å². The number of esters is 1. The zero-order valence-electron chi connectivity index (χ0n) is 12.6. The number of carbonyl (C=O) groups is 3. The van der Waals surface area contributed by atoms with Crippen LogP contribution in [-0.2, 0) is 30.5 Å². The van der Waals surface area contributed by atoms with Crippen molar-refractivity contribution < 1.29 is 29.0 Å². The molecule has 0 radical (unpaired) electrons. The van der Waals surface area contributed by atoms with Gasteiger partial charge in [-0.15, -0.1) is 0 Å². The molecule has 0 aliphatic carbocycles. The first-order chi connectivity index (χ1) is 11.1. The normalized spacial score (nSPS) is 18.2. The topological polar surface area (TPSA) is 102 Å². The van der Waals surface area contributed by atoms with E-state index in [1.807, 2.05) is 18.2 Å². The molecule has 0 aromatic heterocycles. The van der Waals surface area contributed by atoms with E-state index in [2.05, 4.69) is 5.32 Å². The van der Waals surface area contributed by atoms with Crippen LogP contribution in [0.3, 0.4) is 0 Å². The summed E-state index contributed by atoms with van der Waals surface area (Å²) in [6.45, 7) is 0.542. The summed E-state index contributed by atoms with van der Waals surface area (Å²) >= 11 is 0. The van der Waals surface area contributed by atoms with Crippen LogP contribution in [0, 0.1) is 0 Å². The molecule has 124 valence electrons. The van der Waals surface area contributed by atoms with Crippen molar-refractivity contribution in [2.24, 2.45) is 0 Å². The van der Waals surface area contributed by atoms with E-state index in [4.69, 9.17) is 14.6 Å². The summed E-state index contributed by atoms with van der Waals surface area (Å²) in [5.74, 6) is -2.48. The molecule has 2 atom stereocenters. The molecule has 1 aliphatic heterocycles. The van der Waals surface area contributed by atoms with Gasteiger partial charge < -0.3 is 19.9 Å². The Balaban J connectivity index is 1.82. The fourth-order valence-corrected chi connectivity index (χ4v) is 2.21. The van der Waals surface area contributed by atoms with Gasteiger partial charge in [0.1, 0.15) is 18.8 Å². The van der Waals surface area contributed by atoms with E-state index in [-0.39, 0.29) is 6.61 Å². The van der Waals surface area contributed by atoms with Gasteiger partial charge >= 0.3 is 11.9 Å². The molecule has 0 saturated carbocycles. The number of aliphatic carboxylic acids is 1. The minimum absolute atomic E-state index is 0.0612. The average molecular weight is 321 g/mol. The van der Waals surface area contributed by atoms with Gasteiger partial charge in [-0.1, -0.05) is 30.3 Å². The molecule has 0 spiro atoms. The van der Waals surface area contributed by atoms with Crippen molar-refractivity contribution >= 4 is 17.8 Å². The number of carboxylic acids is 1. The highest BCUT2D eigenvalue weighted by Crippen LogP contribution is 2.12. The molecule has 7 nitrogen and oxygen atoms in total. The number of nitrogens with one attached hydrogen (secondary N) is 1. The third-order valence-electron chi connectivity index (χ3n) is 3.45. The lowest BCUT2D eigenvalue weighted by atomic mass is 10.1. The molecule has 1 heterocycles. The van der Waals surface area contributed by atoms with Crippen LogP contribution >= 0.6 is 0 Å². The van der Waals surface area contributed by atoms with E-state index in [1.54, 1.807) is 12.1 Å². The lowest BCUT2D eigenvalue weighted by Crippen LogP contribution is -2.46. The zero-order chi connectivity index (χ0) is 16.7. The molecule has 1 saturated heterocycles. The zero-order valence-corrected chi connectivity index (χ0v) is 12.6. The Morgan fingerprint density at radius 2 is 2.04 bits per heavy atom. The van der Waals surface area contributed by atoms with Crippen molar-refractivity contribution in [3.63, 3.8) is 0 Å². The molecule has 1 fully saturated rings. The summed E-state index contributed by atoms with van der Waals surface area (Å²) in [7, 11) is 0. The number of carboxylic acid groups (broad SMARTS) is 1. The second kappa shape index (κ2) is 8.28. The number of rotatable bonds is 7. The van der Waals surface area contributed by atoms with Gasteiger partial charge in [0.05, 0.1) is 6.42 Å². The molecule has 1 amide bonds. The smallest absolute Gasteiger partial charge is 0.326 e. The predicted octanol–water partition coefficient (Wildman–Crippen LogP) is 0.868. The van der Waals surface area contributed by atoms with Gasteiger partial charge in [-0.05, 0) is 18.4 Å². The molecule has 0 unspecified atom stereocenters. The SMILES string of the molecule is O=C(C[C@@H](NC(=O)[C@@H]1CCCO1)C(=O)O)OCc1ccccc1. The number of hydrogen-bond acceptors (Lipinski definition) is 5. The third-order valence-corrected chi connectivity index (χ3v) is 3.45. The van der Waals surface area contributed by atoms with Gasteiger partial charge in [-0.3, -0.25) is 9.59 Å². The fourth-order valence-electron chi connectivity index (χ4n) is 2.21. The Bertz CT molecular complexity index is 553. The minimum Gasteiger partial charge on any atom is -0.480 e. The van der Waals surface area contributed by atoms with Crippen LogP contribution < -0.4 is 5.32 Å². The third kappa shape index (κ3) is 5.37. The van der Waals surface area contributed by atoms with Gasteiger partial charge in [-0.25, -0.2) is 4.79 Å². The number of ether oxygens (including phenoxy) is 2. The van der Waals surface area contributed by atoms with E-state index in [9.17, 15) is 14.4 Å². The second-order valence-corrected chi connectivity index (χ2v) is 5.25. The summed E-state index contributed by atoms with van der Waals surface area (Å²) in [5, 5.41) is 11.5. The highest BCUT2D eigenvalue weighted by Gasteiger charge is 2.29. The van der Waals surface area contributed by atoms with Crippen LogP contribution in [0.4, 0.5) is 0 Å².